The lowest BCUT2D eigenvalue weighted by Crippen LogP contribution is -2.07. The molecule has 0 saturated heterocycles. The number of anilines is 2. The summed E-state index contributed by atoms with van der Waals surface area (Å²) in [6.45, 7) is 2.80. The lowest BCUT2D eigenvalue weighted by molar-refractivity contribution is -0.383. The molecule has 8 heteroatoms. The molecule has 1 heterocycles. The fourth-order valence-electron chi connectivity index (χ4n) is 1.81. The Morgan fingerprint density at radius 2 is 2.05 bits per heavy atom. The average Bonchev–Trinajstić information content (AvgIpc) is 2.82. The summed E-state index contributed by atoms with van der Waals surface area (Å²) in [4.78, 5) is 24.3. The molecule has 0 aliphatic rings. The van der Waals surface area contributed by atoms with Gasteiger partial charge in [-0.15, -0.1) is 0 Å². The number of benzene rings is 1. The maximum Gasteiger partial charge on any atom is 0.315 e. The van der Waals surface area contributed by atoms with E-state index in [0.717, 1.165) is 11.3 Å². The molecule has 0 radical (unpaired) electrons. The van der Waals surface area contributed by atoms with Crippen molar-refractivity contribution in [1.29, 1.82) is 0 Å². The van der Waals surface area contributed by atoms with Gasteiger partial charge in [0.05, 0.1) is 11.5 Å². The summed E-state index contributed by atoms with van der Waals surface area (Å²) in [5.74, 6) is 0. The van der Waals surface area contributed by atoms with Crippen LogP contribution in [0.4, 0.5) is 17.1 Å². The largest absolute Gasteiger partial charge is 0.380 e. The molecular formula is C12H14N4O3S. The molecule has 1 aromatic carbocycles. The van der Waals surface area contributed by atoms with E-state index in [0.29, 0.717) is 30.2 Å². The Balaban J connectivity index is 2.24. The van der Waals surface area contributed by atoms with Crippen molar-refractivity contribution in [2.75, 3.05) is 17.2 Å². The van der Waals surface area contributed by atoms with Crippen LogP contribution in [0.5, 0.6) is 0 Å². The predicted molar refractivity (Wildman–Crippen MR) is 79.5 cm³/mol. The monoisotopic (exact) mass is 294 g/mol. The summed E-state index contributed by atoms with van der Waals surface area (Å²) in [5, 5.41) is 18.8. The van der Waals surface area contributed by atoms with Gasteiger partial charge < -0.3 is 15.6 Å². The third-order valence-corrected chi connectivity index (χ3v) is 3.34. The van der Waals surface area contributed by atoms with Gasteiger partial charge in [-0.1, -0.05) is 17.4 Å². The van der Waals surface area contributed by atoms with E-state index in [1.54, 1.807) is 23.6 Å². The van der Waals surface area contributed by atoms with E-state index >= 15 is 0 Å². The number of para-hydroxylation sites is 1. The molecule has 0 amide bonds. The third-order valence-electron chi connectivity index (χ3n) is 2.63. The summed E-state index contributed by atoms with van der Waals surface area (Å²) in [6.07, 6.45) is 0. The second-order valence-electron chi connectivity index (χ2n) is 4.02. The molecular weight excluding hydrogens is 280 g/mol. The molecule has 0 bridgehead atoms. The molecule has 1 aromatic heterocycles. The molecule has 20 heavy (non-hydrogen) atoms. The number of aromatic nitrogens is 1. The summed E-state index contributed by atoms with van der Waals surface area (Å²) in [5.41, 5.74) is 1.59. The van der Waals surface area contributed by atoms with Gasteiger partial charge in [-0.25, -0.2) is 0 Å². The number of nitro groups is 1. The van der Waals surface area contributed by atoms with Gasteiger partial charge in [-0.2, -0.15) is 0 Å². The van der Waals surface area contributed by atoms with Crippen LogP contribution in [-0.2, 0) is 6.54 Å². The summed E-state index contributed by atoms with van der Waals surface area (Å²) >= 11 is 1.06. The second kappa shape index (κ2) is 6.20. The van der Waals surface area contributed by atoms with E-state index in [9.17, 15) is 14.9 Å². The van der Waals surface area contributed by atoms with Crippen LogP contribution >= 0.6 is 11.3 Å². The predicted octanol–water partition coefficient (Wildman–Crippen LogP) is 2.39. The lowest BCUT2D eigenvalue weighted by Gasteiger charge is -2.10. The number of nitrogens with zero attached hydrogens (tertiary/aromatic N) is 1. The van der Waals surface area contributed by atoms with Crippen molar-refractivity contribution < 1.29 is 4.92 Å². The number of rotatable bonds is 6. The smallest absolute Gasteiger partial charge is 0.315 e. The minimum absolute atomic E-state index is 0.00641. The van der Waals surface area contributed by atoms with Crippen molar-refractivity contribution in [2.45, 2.75) is 13.5 Å². The molecule has 0 atom stereocenters. The zero-order chi connectivity index (χ0) is 14.5. The standard InChI is InChI=1S/C12H14N4O3S/c1-2-13-9-4-3-5-10(11(9)16(18)19)14-6-8-7-20-12(17)15-8/h3-5,7,13-14H,2,6H2,1H3,(H,15,17). The number of thiazole rings is 1. The third kappa shape index (κ3) is 3.15. The minimum atomic E-state index is -0.420. The van der Waals surface area contributed by atoms with E-state index in [4.69, 9.17) is 0 Å². The molecule has 0 aliphatic heterocycles. The summed E-state index contributed by atoms with van der Waals surface area (Å²) in [6, 6.07) is 5.05. The second-order valence-corrected chi connectivity index (χ2v) is 4.86. The van der Waals surface area contributed by atoms with Crippen LogP contribution < -0.4 is 15.5 Å². The highest BCUT2D eigenvalue weighted by atomic mass is 32.1. The number of nitrogens with one attached hydrogen (secondary N) is 3. The fourth-order valence-corrected chi connectivity index (χ4v) is 2.39. The van der Waals surface area contributed by atoms with E-state index in [1.165, 1.54) is 0 Å². The number of nitro benzene ring substituents is 1. The van der Waals surface area contributed by atoms with Gasteiger partial charge in [0.25, 0.3) is 0 Å². The highest BCUT2D eigenvalue weighted by molar-refractivity contribution is 7.07. The molecule has 0 saturated carbocycles. The van der Waals surface area contributed by atoms with Gasteiger partial charge in [0, 0.05) is 17.6 Å². The molecule has 0 spiro atoms. The first-order chi connectivity index (χ1) is 9.61. The van der Waals surface area contributed by atoms with Crippen molar-refractivity contribution in [3.05, 3.63) is 49.1 Å². The maximum absolute atomic E-state index is 11.2. The van der Waals surface area contributed by atoms with Crippen molar-refractivity contribution >= 4 is 28.4 Å². The van der Waals surface area contributed by atoms with Gasteiger partial charge in [0.2, 0.25) is 0 Å². The molecule has 0 aliphatic carbocycles. The van der Waals surface area contributed by atoms with Crippen LogP contribution in [0.2, 0.25) is 0 Å². The van der Waals surface area contributed by atoms with Gasteiger partial charge >= 0.3 is 10.6 Å². The Hall–Kier alpha value is -2.35. The van der Waals surface area contributed by atoms with Crippen LogP contribution in [0.1, 0.15) is 12.6 Å². The van der Waals surface area contributed by atoms with Gasteiger partial charge in [-0.05, 0) is 19.1 Å². The first-order valence-electron chi connectivity index (χ1n) is 6.03. The van der Waals surface area contributed by atoms with E-state index in [-0.39, 0.29) is 10.6 Å². The topological polar surface area (TPSA) is 100 Å². The van der Waals surface area contributed by atoms with Crippen LogP contribution in [0.3, 0.4) is 0 Å². The Morgan fingerprint density at radius 1 is 1.35 bits per heavy atom. The van der Waals surface area contributed by atoms with Crippen molar-refractivity contribution in [3.63, 3.8) is 0 Å². The molecule has 106 valence electrons. The average molecular weight is 294 g/mol. The first-order valence-corrected chi connectivity index (χ1v) is 6.91. The maximum atomic E-state index is 11.2. The number of hydrogen-bond acceptors (Lipinski definition) is 6. The zero-order valence-electron chi connectivity index (χ0n) is 10.8. The van der Waals surface area contributed by atoms with E-state index in [1.807, 2.05) is 6.92 Å². The molecule has 2 aromatic rings. The number of hydrogen-bond donors (Lipinski definition) is 3. The Kier molecular flexibility index (Phi) is 4.36. The Morgan fingerprint density at radius 3 is 2.60 bits per heavy atom. The van der Waals surface area contributed by atoms with Crippen LogP contribution in [0, 0.1) is 10.1 Å². The zero-order valence-corrected chi connectivity index (χ0v) is 11.6. The minimum Gasteiger partial charge on any atom is -0.380 e. The van der Waals surface area contributed by atoms with Gasteiger partial charge in [0.1, 0.15) is 11.4 Å². The first kappa shape index (κ1) is 14.1. The van der Waals surface area contributed by atoms with Gasteiger partial charge in [0.15, 0.2) is 0 Å². The highest BCUT2D eigenvalue weighted by Gasteiger charge is 2.19. The van der Waals surface area contributed by atoms with Crippen LogP contribution in [-0.4, -0.2) is 16.5 Å². The van der Waals surface area contributed by atoms with E-state index in [2.05, 4.69) is 15.6 Å². The molecule has 7 nitrogen and oxygen atoms in total. The quantitative estimate of drug-likeness (QED) is 0.561. The van der Waals surface area contributed by atoms with Gasteiger partial charge in [-0.3, -0.25) is 14.9 Å². The summed E-state index contributed by atoms with van der Waals surface area (Å²) < 4.78 is 0. The van der Waals surface area contributed by atoms with Crippen molar-refractivity contribution in [2.24, 2.45) is 0 Å². The SMILES string of the molecule is CCNc1cccc(NCc2csc(=O)[nH]2)c1[N+](=O)[O-]. The number of H-pyrrole nitrogens is 1. The van der Waals surface area contributed by atoms with Crippen molar-refractivity contribution in [1.82, 2.24) is 4.98 Å². The Labute approximate surface area is 118 Å². The highest BCUT2D eigenvalue weighted by Crippen LogP contribution is 2.32. The molecule has 3 N–H and O–H groups in total. The number of aromatic amines is 1. The fraction of sp³-hybridized carbons (Fsp3) is 0.250. The molecule has 2 rings (SSSR count). The summed E-state index contributed by atoms with van der Waals surface area (Å²) in [7, 11) is 0. The van der Waals surface area contributed by atoms with Crippen LogP contribution in [0.25, 0.3) is 0 Å². The van der Waals surface area contributed by atoms with Crippen molar-refractivity contribution in [3.8, 4) is 0 Å². The molecule has 0 unspecified atom stereocenters. The van der Waals surface area contributed by atoms with E-state index < -0.39 is 4.92 Å². The van der Waals surface area contributed by atoms with Crippen LogP contribution in [0.15, 0.2) is 28.4 Å². The molecule has 0 fully saturated rings. The Bertz CT molecular complexity index is 665. The lowest BCUT2D eigenvalue weighted by atomic mass is 10.2. The normalized spacial score (nSPS) is 10.2.